The van der Waals surface area contributed by atoms with Crippen LogP contribution >= 0.6 is 0 Å². The van der Waals surface area contributed by atoms with Crippen LogP contribution in [0.3, 0.4) is 0 Å². The Morgan fingerprint density at radius 1 is 1.41 bits per heavy atom. The van der Waals surface area contributed by atoms with Crippen molar-refractivity contribution < 1.29 is 9.53 Å². The van der Waals surface area contributed by atoms with Crippen LogP contribution < -0.4 is 16.0 Å². The number of rotatable bonds is 6. The van der Waals surface area contributed by atoms with Crippen molar-refractivity contribution in [2.45, 2.75) is 25.2 Å². The molecule has 4 rings (SSSR count). The quantitative estimate of drug-likeness (QED) is 0.601. The summed E-state index contributed by atoms with van der Waals surface area (Å²) in [6.07, 6.45) is 4.93. The number of nitrogens with zero attached hydrogens (tertiary/aromatic N) is 2. The third-order valence-electron chi connectivity index (χ3n) is 4.91. The summed E-state index contributed by atoms with van der Waals surface area (Å²) in [7, 11) is 1.79. The Kier molecular flexibility index (Phi) is 4.31. The molecule has 1 aliphatic rings. The minimum Gasteiger partial charge on any atom is -0.493 e. The van der Waals surface area contributed by atoms with E-state index in [1.165, 1.54) is 5.56 Å². The van der Waals surface area contributed by atoms with Gasteiger partial charge in [0.1, 0.15) is 5.75 Å². The van der Waals surface area contributed by atoms with Crippen molar-refractivity contribution in [3.05, 3.63) is 68.9 Å². The molecule has 0 radical (unpaired) electrons. The average molecular weight is 367 g/mol. The second-order valence-corrected chi connectivity index (χ2v) is 6.86. The number of carbonyl (C=O) groups excluding carboxylic acids is 1. The summed E-state index contributed by atoms with van der Waals surface area (Å²) in [4.78, 5) is 24.2. The average Bonchev–Trinajstić information content (AvgIpc) is 3.33. The highest BCUT2D eigenvalue weighted by Crippen LogP contribution is 2.30. The summed E-state index contributed by atoms with van der Waals surface area (Å²) in [5, 5.41) is 9.79. The zero-order chi connectivity index (χ0) is 19.0. The molecule has 0 bridgehead atoms. The molecule has 0 spiro atoms. The molecule has 3 aromatic rings. The van der Waals surface area contributed by atoms with Crippen LogP contribution in [-0.4, -0.2) is 32.5 Å². The maximum absolute atomic E-state index is 12.5. The molecule has 8 nitrogen and oxygen atoms in total. The lowest BCUT2D eigenvalue weighted by Gasteiger charge is -2.14. The fraction of sp³-hybridized carbons (Fsp3) is 0.316. The van der Waals surface area contributed by atoms with Crippen LogP contribution in [0.15, 0.2) is 35.4 Å². The van der Waals surface area contributed by atoms with Crippen LogP contribution in [0.5, 0.6) is 5.75 Å². The van der Waals surface area contributed by atoms with Gasteiger partial charge in [-0.3, -0.25) is 19.4 Å². The predicted molar refractivity (Wildman–Crippen MR) is 98.7 cm³/mol. The van der Waals surface area contributed by atoms with E-state index in [0.29, 0.717) is 18.6 Å². The first kappa shape index (κ1) is 17.1. The normalized spacial score (nSPS) is 14.0. The van der Waals surface area contributed by atoms with Gasteiger partial charge in [0.25, 0.3) is 5.56 Å². The van der Waals surface area contributed by atoms with E-state index in [9.17, 15) is 9.59 Å². The Balaban J connectivity index is 1.71. The SMILES string of the molecule is Cn1cc([C@@H](CC(N)=O)c2c(Cc3ccc4c(c3)CCO4)[nH][nH]c2=O)cn1. The molecule has 27 heavy (non-hydrogen) atoms. The molecule has 0 saturated heterocycles. The van der Waals surface area contributed by atoms with Crippen molar-refractivity contribution in [1.29, 1.82) is 0 Å². The molecule has 1 aromatic carbocycles. The Morgan fingerprint density at radius 3 is 3.00 bits per heavy atom. The molecular formula is C19H21N5O3. The number of nitrogens with one attached hydrogen (secondary N) is 2. The van der Waals surface area contributed by atoms with Crippen LogP contribution in [-0.2, 0) is 24.7 Å². The van der Waals surface area contributed by atoms with Gasteiger partial charge in [-0.2, -0.15) is 5.10 Å². The predicted octanol–water partition coefficient (Wildman–Crippen LogP) is 0.969. The molecule has 1 atom stereocenters. The number of benzene rings is 1. The van der Waals surface area contributed by atoms with Crippen LogP contribution in [0.2, 0.25) is 0 Å². The Labute approximate surface area is 155 Å². The van der Waals surface area contributed by atoms with E-state index in [4.69, 9.17) is 10.5 Å². The Hall–Kier alpha value is -3.29. The maximum Gasteiger partial charge on any atom is 0.267 e. The zero-order valence-corrected chi connectivity index (χ0v) is 15.0. The molecule has 140 valence electrons. The molecule has 0 saturated carbocycles. The fourth-order valence-electron chi connectivity index (χ4n) is 3.67. The summed E-state index contributed by atoms with van der Waals surface area (Å²) in [6, 6.07) is 6.06. The molecule has 1 amide bonds. The highest BCUT2D eigenvalue weighted by atomic mass is 16.5. The fourth-order valence-corrected chi connectivity index (χ4v) is 3.67. The molecule has 0 fully saturated rings. The van der Waals surface area contributed by atoms with Crippen molar-refractivity contribution in [3.63, 3.8) is 0 Å². The van der Waals surface area contributed by atoms with Crippen molar-refractivity contribution in [1.82, 2.24) is 20.0 Å². The van der Waals surface area contributed by atoms with Gasteiger partial charge < -0.3 is 15.6 Å². The van der Waals surface area contributed by atoms with E-state index < -0.39 is 11.8 Å². The molecule has 0 aliphatic carbocycles. The van der Waals surface area contributed by atoms with Gasteiger partial charge >= 0.3 is 0 Å². The minimum atomic E-state index is -0.468. The van der Waals surface area contributed by atoms with Crippen molar-refractivity contribution in [2.75, 3.05) is 6.61 Å². The molecule has 0 unspecified atom stereocenters. The van der Waals surface area contributed by atoms with Gasteiger partial charge in [0.05, 0.1) is 12.8 Å². The number of H-pyrrole nitrogens is 2. The number of amides is 1. The largest absolute Gasteiger partial charge is 0.493 e. The van der Waals surface area contributed by atoms with Crippen LogP contribution in [0, 0.1) is 0 Å². The van der Waals surface area contributed by atoms with Gasteiger partial charge in [-0.25, -0.2) is 0 Å². The number of carbonyl (C=O) groups is 1. The standard InChI is InChI=1S/C19H21N5O3/c1-24-10-13(9-21-24)14(8-17(20)25)18-15(22-23-19(18)26)7-11-2-3-16-12(6-11)4-5-27-16/h2-3,6,9-10,14H,4-5,7-8H2,1H3,(H2,20,25)(H2,22,23,26)/t14-/m1/s1. The summed E-state index contributed by atoms with van der Waals surface area (Å²) in [5.41, 5.74) is 9.51. The van der Waals surface area contributed by atoms with E-state index in [-0.39, 0.29) is 12.0 Å². The summed E-state index contributed by atoms with van der Waals surface area (Å²) < 4.78 is 7.19. The number of hydrogen-bond acceptors (Lipinski definition) is 4. The molecule has 1 aliphatic heterocycles. The highest BCUT2D eigenvalue weighted by Gasteiger charge is 2.26. The summed E-state index contributed by atoms with van der Waals surface area (Å²) >= 11 is 0. The first-order valence-electron chi connectivity index (χ1n) is 8.82. The lowest BCUT2D eigenvalue weighted by molar-refractivity contribution is -0.118. The third-order valence-corrected chi connectivity index (χ3v) is 4.91. The first-order valence-corrected chi connectivity index (χ1v) is 8.82. The molecule has 3 heterocycles. The third kappa shape index (κ3) is 3.38. The first-order chi connectivity index (χ1) is 13.0. The number of primary amides is 1. The lowest BCUT2D eigenvalue weighted by atomic mass is 9.88. The second-order valence-electron chi connectivity index (χ2n) is 6.86. The van der Waals surface area contributed by atoms with Crippen molar-refractivity contribution in [3.8, 4) is 5.75 Å². The lowest BCUT2D eigenvalue weighted by Crippen LogP contribution is -2.21. The van der Waals surface area contributed by atoms with E-state index in [1.807, 2.05) is 12.1 Å². The number of aromatic nitrogens is 4. The highest BCUT2D eigenvalue weighted by molar-refractivity contribution is 5.75. The van der Waals surface area contributed by atoms with E-state index in [2.05, 4.69) is 21.4 Å². The minimum absolute atomic E-state index is 0.0393. The van der Waals surface area contributed by atoms with Crippen LogP contribution in [0.25, 0.3) is 0 Å². The van der Waals surface area contributed by atoms with Crippen LogP contribution in [0.1, 0.15) is 40.3 Å². The molecular weight excluding hydrogens is 346 g/mol. The second kappa shape index (κ2) is 6.79. The van der Waals surface area contributed by atoms with Crippen LogP contribution in [0.4, 0.5) is 0 Å². The maximum atomic E-state index is 12.5. The number of hydrogen-bond donors (Lipinski definition) is 3. The molecule has 4 N–H and O–H groups in total. The number of nitrogens with two attached hydrogens (primary N) is 1. The summed E-state index contributed by atoms with van der Waals surface area (Å²) in [5.74, 6) is 0.00698. The smallest absolute Gasteiger partial charge is 0.267 e. The van der Waals surface area contributed by atoms with E-state index >= 15 is 0 Å². The molecule has 2 aromatic heterocycles. The van der Waals surface area contributed by atoms with E-state index in [0.717, 1.165) is 29.0 Å². The monoisotopic (exact) mass is 367 g/mol. The van der Waals surface area contributed by atoms with Crippen molar-refractivity contribution >= 4 is 5.91 Å². The number of aromatic amines is 2. The number of fused-ring (bicyclic) bond motifs is 1. The van der Waals surface area contributed by atoms with Crippen molar-refractivity contribution in [2.24, 2.45) is 12.8 Å². The van der Waals surface area contributed by atoms with Gasteiger partial charge in [-0.15, -0.1) is 0 Å². The number of ether oxygens (including phenoxy) is 1. The van der Waals surface area contributed by atoms with Gasteiger partial charge in [0, 0.05) is 49.7 Å². The van der Waals surface area contributed by atoms with Gasteiger partial charge in [-0.05, 0) is 22.8 Å². The summed E-state index contributed by atoms with van der Waals surface area (Å²) in [6.45, 7) is 0.701. The molecule has 8 heteroatoms. The Morgan fingerprint density at radius 2 is 2.26 bits per heavy atom. The van der Waals surface area contributed by atoms with Gasteiger partial charge in [-0.1, -0.05) is 12.1 Å². The Bertz CT molecular complexity index is 1050. The topological polar surface area (TPSA) is 119 Å². The number of aryl methyl sites for hydroxylation is 1. The van der Waals surface area contributed by atoms with Gasteiger partial charge in [0.15, 0.2) is 0 Å². The van der Waals surface area contributed by atoms with E-state index in [1.54, 1.807) is 24.1 Å². The van der Waals surface area contributed by atoms with Gasteiger partial charge in [0.2, 0.25) is 5.91 Å². The zero-order valence-electron chi connectivity index (χ0n) is 15.0.